The predicted molar refractivity (Wildman–Crippen MR) is 102 cm³/mol. The first-order chi connectivity index (χ1) is 10.7. The Labute approximate surface area is 136 Å². The lowest BCUT2D eigenvalue weighted by molar-refractivity contribution is 0.933. The van der Waals surface area contributed by atoms with Gasteiger partial charge in [0.1, 0.15) is 0 Å². The standard InChI is InChI=1S/C17H19N.C2H6.C2H4/c1-5-14(6-2)15-8-7-9-16(11-15)17-10-13(3)12-18(17)4;2*1-2/h5-12H,1H2,2-4H3;1-2H3;1-2H2/b14-6+;;. The average Bonchev–Trinajstić information content (AvgIpc) is 2.91. The Morgan fingerprint density at radius 3 is 2.23 bits per heavy atom. The van der Waals surface area contributed by atoms with Crippen LogP contribution < -0.4 is 0 Å². The maximum Gasteiger partial charge on any atom is 0.0480 e. The van der Waals surface area contributed by atoms with E-state index in [1.165, 1.54) is 28.0 Å². The van der Waals surface area contributed by atoms with E-state index in [4.69, 9.17) is 0 Å². The van der Waals surface area contributed by atoms with Gasteiger partial charge in [-0.15, -0.1) is 13.2 Å². The molecule has 2 aromatic rings. The van der Waals surface area contributed by atoms with Gasteiger partial charge in [-0.3, -0.25) is 0 Å². The maximum absolute atomic E-state index is 3.86. The number of hydrogen-bond acceptors (Lipinski definition) is 0. The second kappa shape index (κ2) is 10.4. The lowest BCUT2D eigenvalue weighted by Crippen LogP contribution is -1.90. The number of aromatic nitrogens is 1. The van der Waals surface area contributed by atoms with E-state index in [2.05, 4.69) is 80.9 Å². The minimum atomic E-state index is 1.17. The summed E-state index contributed by atoms with van der Waals surface area (Å²) in [5.41, 5.74) is 6.15. The van der Waals surface area contributed by atoms with Crippen molar-refractivity contribution in [3.8, 4) is 11.3 Å². The Morgan fingerprint density at radius 1 is 1.14 bits per heavy atom. The Hall–Kier alpha value is -2.28. The van der Waals surface area contributed by atoms with Crippen LogP contribution in [0.15, 0.2) is 68.4 Å². The SMILES string of the molecule is C=C.C=C/C(=C\C)c1cccc(-c2cc(C)cn2C)c1.CC. The summed E-state index contributed by atoms with van der Waals surface area (Å²) in [4.78, 5) is 0. The molecule has 0 radical (unpaired) electrons. The second-order valence-electron chi connectivity index (χ2n) is 4.54. The van der Waals surface area contributed by atoms with Crippen LogP contribution >= 0.6 is 0 Å². The van der Waals surface area contributed by atoms with Crippen molar-refractivity contribution in [1.82, 2.24) is 4.57 Å². The van der Waals surface area contributed by atoms with E-state index in [0.29, 0.717) is 0 Å². The van der Waals surface area contributed by atoms with Gasteiger partial charge in [0.15, 0.2) is 0 Å². The molecule has 0 unspecified atom stereocenters. The molecule has 0 bridgehead atoms. The molecule has 0 atom stereocenters. The molecule has 0 aliphatic heterocycles. The topological polar surface area (TPSA) is 4.93 Å². The zero-order valence-corrected chi connectivity index (χ0v) is 14.7. The molecule has 1 aromatic heterocycles. The highest BCUT2D eigenvalue weighted by Crippen LogP contribution is 2.25. The first-order valence-electron chi connectivity index (χ1n) is 7.68. The molecule has 0 aliphatic rings. The summed E-state index contributed by atoms with van der Waals surface area (Å²) < 4.78 is 2.16. The quantitative estimate of drug-likeness (QED) is 0.455. The molecule has 2 rings (SSSR count). The molecule has 0 saturated heterocycles. The van der Waals surface area contributed by atoms with Gasteiger partial charge >= 0.3 is 0 Å². The fourth-order valence-corrected chi connectivity index (χ4v) is 2.28. The van der Waals surface area contributed by atoms with Crippen LogP contribution in [0.5, 0.6) is 0 Å². The Kier molecular flexibility index (Phi) is 9.36. The van der Waals surface area contributed by atoms with Gasteiger partial charge < -0.3 is 4.57 Å². The molecule has 1 heteroatoms. The zero-order valence-electron chi connectivity index (χ0n) is 14.7. The number of benzene rings is 1. The number of nitrogens with zero attached hydrogens (tertiary/aromatic N) is 1. The van der Waals surface area contributed by atoms with E-state index in [1.54, 1.807) is 0 Å². The molecule has 0 aliphatic carbocycles. The molecule has 1 nitrogen and oxygen atoms in total. The Bertz CT molecular complexity index is 615. The smallest absolute Gasteiger partial charge is 0.0480 e. The molecule has 0 saturated carbocycles. The van der Waals surface area contributed by atoms with Crippen LogP contribution in [0.2, 0.25) is 0 Å². The summed E-state index contributed by atoms with van der Waals surface area (Å²) in [5.74, 6) is 0. The van der Waals surface area contributed by atoms with E-state index in [0.717, 1.165) is 0 Å². The zero-order chi connectivity index (χ0) is 17.1. The van der Waals surface area contributed by atoms with Crippen molar-refractivity contribution >= 4 is 5.57 Å². The highest BCUT2D eigenvalue weighted by molar-refractivity contribution is 5.76. The second-order valence-corrected chi connectivity index (χ2v) is 4.54. The third-order valence-electron chi connectivity index (χ3n) is 3.16. The third-order valence-corrected chi connectivity index (χ3v) is 3.16. The summed E-state index contributed by atoms with van der Waals surface area (Å²) in [6.07, 6.45) is 6.13. The van der Waals surface area contributed by atoms with Crippen LogP contribution in [-0.4, -0.2) is 4.57 Å². The van der Waals surface area contributed by atoms with Gasteiger partial charge in [0.05, 0.1) is 0 Å². The van der Waals surface area contributed by atoms with Crippen LogP contribution in [0.4, 0.5) is 0 Å². The van der Waals surface area contributed by atoms with Gasteiger partial charge in [-0.1, -0.05) is 50.8 Å². The van der Waals surface area contributed by atoms with Crippen molar-refractivity contribution in [2.45, 2.75) is 27.7 Å². The molecule has 0 fully saturated rings. The third kappa shape index (κ3) is 4.92. The molecular formula is C21H29N. The highest BCUT2D eigenvalue weighted by Gasteiger charge is 2.05. The summed E-state index contributed by atoms with van der Waals surface area (Å²) in [6, 6.07) is 10.8. The molecular weight excluding hydrogens is 266 g/mol. The van der Waals surface area contributed by atoms with Crippen LogP contribution in [0.3, 0.4) is 0 Å². The Morgan fingerprint density at radius 2 is 1.77 bits per heavy atom. The van der Waals surface area contributed by atoms with Gasteiger partial charge in [-0.2, -0.15) is 0 Å². The van der Waals surface area contributed by atoms with Crippen LogP contribution in [0.1, 0.15) is 31.9 Å². The Balaban J connectivity index is 0.00000102. The normalized spacial score (nSPS) is 9.95. The van der Waals surface area contributed by atoms with Crippen LogP contribution in [-0.2, 0) is 7.05 Å². The molecule has 0 N–H and O–H groups in total. The number of hydrogen-bond donors (Lipinski definition) is 0. The van der Waals surface area contributed by atoms with Crippen molar-refractivity contribution in [3.05, 3.63) is 79.5 Å². The van der Waals surface area contributed by atoms with Crippen LogP contribution in [0, 0.1) is 6.92 Å². The van der Waals surface area contributed by atoms with Crippen molar-refractivity contribution in [2.75, 3.05) is 0 Å². The summed E-state index contributed by atoms with van der Waals surface area (Å²) in [5, 5.41) is 0. The molecule has 22 heavy (non-hydrogen) atoms. The summed E-state index contributed by atoms with van der Waals surface area (Å²) in [6.45, 7) is 18.0. The lowest BCUT2D eigenvalue weighted by Gasteiger charge is -2.07. The van der Waals surface area contributed by atoms with E-state index in [1.807, 2.05) is 26.8 Å². The first kappa shape index (κ1) is 19.7. The van der Waals surface area contributed by atoms with Crippen molar-refractivity contribution in [2.24, 2.45) is 7.05 Å². The van der Waals surface area contributed by atoms with Gasteiger partial charge in [-0.05, 0) is 48.2 Å². The molecule has 1 heterocycles. The molecule has 0 amide bonds. The molecule has 118 valence electrons. The predicted octanol–water partition coefficient (Wildman–Crippen LogP) is 6.42. The largest absolute Gasteiger partial charge is 0.350 e. The van der Waals surface area contributed by atoms with Crippen molar-refractivity contribution in [1.29, 1.82) is 0 Å². The maximum atomic E-state index is 3.86. The van der Waals surface area contributed by atoms with E-state index in [-0.39, 0.29) is 0 Å². The van der Waals surface area contributed by atoms with Crippen molar-refractivity contribution < 1.29 is 0 Å². The molecule has 0 spiro atoms. The van der Waals surface area contributed by atoms with E-state index in [9.17, 15) is 0 Å². The minimum Gasteiger partial charge on any atom is -0.350 e. The van der Waals surface area contributed by atoms with Gasteiger partial charge in [0.25, 0.3) is 0 Å². The van der Waals surface area contributed by atoms with E-state index >= 15 is 0 Å². The van der Waals surface area contributed by atoms with Crippen molar-refractivity contribution in [3.63, 3.8) is 0 Å². The van der Waals surface area contributed by atoms with Crippen LogP contribution in [0.25, 0.3) is 16.8 Å². The van der Waals surface area contributed by atoms with Gasteiger partial charge in [0.2, 0.25) is 0 Å². The first-order valence-corrected chi connectivity index (χ1v) is 7.68. The number of allylic oxidation sites excluding steroid dienone is 3. The fourth-order valence-electron chi connectivity index (χ4n) is 2.28. The summed E-state index contributed by atoms with van der Waals surface area (Å²) in [7, 11) is 2.08. The highest BCUT2D eigenvalue weighted by atomic mass is 14.9. The number of rotatable bonds is 3. The van der Waals surface area contributed by atoms with Gasteiger partial charge in [-0.25, -0.2) is 0 Å². The lowest BCUT2D eigenvalue weighted by atomic mass is 10.0. The molecule has 1 aromatic carbocycles. The fraction of sp³-hybridized carbons (Fsp3) is 0.238. The number of aryl methyl sites for hydroxylation is 2. The van der Waals surface area contributed by atoms with E-state index < -0.39 is 0 Å². The van der Waals surface area contributed by atoms with Gasteiger partial charge in [0, 0.05) is 18.9 Å². The summed E-state index contributed by atoms with van der Waals surface area (Å²) >= 11 is 0. The monoisotopic (exact) mass is 295 g/mol. The minimum absolute atomic E-state index is 1.17. The average molecular weight is 295 g/mol.